The van der Waals surface area contributed by atoms with E-state index in [-0.39, 0.29) is 0 Å². The van der Waals surface area contributed by atoms with Gasteiger partial charge in [-0.3, -0.25) is 4.90 Å². The fourth-order valence-corrected chi connectivity index (χ4v) is 5.45. The van der Waals surface area contributed by atoms with Crippen LogP contribution in [0, 0.1) is 18.3 Å². The zero-order valence-corrected chi connectivity index (χ0v) is 17.9. The van der Waals surface area contributed by atoms with Gasteiger partial charge in [0, 0.05) is 31.9 Å². The minimum atomic E-state index is 0.476. The molecule has 2 nitrogen and oxygen atoms in total. The fraction of sp³-hybridized carbons (Fsp3) is 0.750. The Balaban J connectivity index is 1.77. The van der Waals surface area contributed by atoms with Crippen molar-refractivity contribution in [2.45, 2.75) is 72.6 Å². The Morgan fingerprint density at radius 2 is 1.81 bits per heavy atom. The van der Waals surface area contributed by atoms with E-state index in [1.165, 1.54) is 76.1 Å². The number of anilines is 1. The van der Waals surface area contributed by atoms with Crippen LogP contribution in [-0.2, 0) is 0 Å². The van der Waals surface area contributed by atoms with Gasteiger partial charge in [0.05, 0.1) is 0 Å². The fourth-order valence-electron chi connectivity index (χ4n) is 5.45. The van der Waals surface area contributed by atoms with Crippen molar-refractivity contribution in [3.05, 3.63) is 29.3 Å². The first kappa shape index (κ1) is 19.7. The van der Waals surface area contributed by atoms with E-state index in [2.05, 4.69) is 62.6 Å². The van der Waals surface area contributed by atoms with E-state index >= 15 is 0 Å². The Morgan fingerprint density at radius 3 is 2.46 bits per heavy atom. The number of benzene rings is 1. The lowest BCUT2D eigenvalue weighted by Crippen LogP contribution is -2.47. The highest BCUT2D eigenvalue weighted by molar-refractivity contribution is 5.57. The van der Waals surface area contributed by atoms with Crippen LogP contribution in [0.4, 0.5) is 5.69 Å². The summed E-state index contributed by atoms with van der Waals surface area (Å²) in [6, 6.07) is 7.25. The topological polar surface area (TPSA) is 6.48 Å². The van der Waals surface area contributed by atoms with Crippen LogP contribution in [0.25, 0.3) is 0 Å². The molecule has 0 bridgehead atoms. The van der Waals surface area contributed by atoms with Crippen LogP contribution in [0.5, 0.6) is 0 Å². The molecule has 146 valence electrons. The average molecular weight is 357 g/mol. The number of hydrogen-bond acceptors (Lipinski definition) is 2. The van der Waals surface area contributed by atoms with Gasteiger partial charge in [0.15, 0.2) is 0 Å². The first-order valence-corrected chi connectivity index (χ1v) is 11.0. The van der Waals surface area contributed by atoms with Gasteiger partial charge in [-0.05, 0) is 73.6 Å². The molecule has 2 unspecified atom stereocenters. The molecular weight excluding hydrogens is 316 g/mol. The van der Waals surface area contributed by atoms with Crippen molar-refractivity contribution in [2.75, 3.05) is 37.6 Å². The predicted molar refractivity (Wildman–Crippen MR) is 114 cm³/mol. The van der Waals surface area contributed by atoms with Crippen LogP contribution in [0.2, 0.25) is 0 Å². The van der Waals surface area contributed by atoms with Crippen molar-refractivity contribution in [1.82, 2.24) is 4.90 Å². The Labute approximate surface area is 162 Å². The average Bonchev–Trinajstić information content (AvgIpc) is 2.58. The number of rotatable bonds is 5. The second-order valence-electron chi connectivity index (χ2n) is 9.85. The first-order chi connectivity index (χ1) is 12.4. The van der Waals surface area contributed by atoms with Gasteiger partial charge in [-0.2, -0.15) is 0 Å². The molecule has 0 N–H and O–H groups in total. The zero-order chi connectivity index (χ0) is 18.7. The monoisotopic (exact) mass is 356 g/mol. The summed E-state index contributed by atoms with van der Waals surface area (Å²) in [5.74, 6) is 1.56. The smallest absolute Gasteiger partial charge is 0.0405 e. The molecule has 1 aromatic carbocycles. The molecule has 0 aromatic heterocycles. The molecule has 2 aliphatic rings. The van der Waals surface area contributed by atoms with Crippen LogP contribution in [0.3, 0.4) is 0 Å². The molecule has 1 saturated carbocycles. The Kier molecular flexibility index (Phi) is 6.33. The van der Waals surface area contributed by atoms with Crippen LogP contribution < -0.4 is 4.90 Å². The van der Waals surface area contributed by atoms with Gasteiger partial charge in [-0.15, -0.1) is 0 Å². The summed E-state index contributed by atoms with van der Waals surface area (Å²) in [6.45, 7) is 18.0. The number of nitrogens with zero attached hydrogens (tertiary/aromatic N) is 2. The third-order valence-corrected chi connectivity index (χ3v) is 6.55. The molecule has 1 saturated heterocycles. The van der Waals surface area contributed by atoms with Crippen molar-refractivity contribution < 1.29 is 0 Å². The number of piperazine rings is 1. The molecule has 2 atom stereocenters. The highest BCUT2D eigenvalue weighted by Gasteiger charge is 2.34. The van der Waals surface area contributed by atoms with Crippen molar-refractivity contribution in [1.29, 1.82) is 0 Å². The lowest BCUT2D eigenvalue weighted by molar-refractivity contribution is 0.168. The molecule has 2 fully saturated rings. The molecule has 0 amide bonds. The Hall–Kier alpha value is -1.02. The molecule has 2 heteroatoms. The minimum Gasteiger partial charge on any atom is -0.369 e. The highest BCUT2D eigenvalue weighted by atomic mass is 15.3. The lowest BCUT2D eigenvalue weighted by Gasteiger charge is -2.42. The second-order valence-corrected chi connectivity index (χ2v) is 9.85. The summed E-state index contributed by atoms with van der Waals surface area (Å²) in [6.07, 6.45) is 6.71. The van der Waals surface area contributed by atoms with E-state index < -0.39 is 0 Å². The van der Waals surface area contributed by atoms with Crippen molar-refractivity contribution >= 4 is 5.69 Å². The van der Waals surface area contributed by atoms with Gasteiger partial charge in [0.1, 0.15) is 0 Å². The molecular formula is C24H40N2. The summed E-state index contributed by atoms with van der Waals surface area (Å²) in [4.78, 5) is 5.33. The van der Waals surface area contributed by atoms with E-state index in [0.29, 0.717) is 5.41 Å². The Bertz CT molecular complexity index is 584. The number of unbranched alkanes of at least 4 members (excludes halogenated alkanes) is 1. The third kappa shape index (κ3) is 4.82. The van der Waals surface area contributed by atoms with E-state index in [4.69, 9.17) is 0 Å². The summed E-state index contributed by atoms with van der Waals surface area (Å²) in [7, 11) is 0. The van der Waals surface area contributed by atoms with E-state index in [1.54, 1.807) is 5.56 Å². The van der Waals surface area contributed by atoms with Gasteiger partial charge in [-0.1, -0.05) is 46.2 Å². The van der Waals surface area contributed by atoms with E-state index in [9.17, 15) is 0 Å². The molecule has 1 aromatic rings. The van der Waals surface area contributed by atoms with Crippen LogP contribution in [-0.4, -0.2) is 37.6 Å². The summed E-state index contributed by atoms with van der Waals surface area (Å²) >= 11 is 0. The minimum absolute atomic E-state index is 0.476. The largest absolute Gasteiger partial charge is 0.369 e. The van der Waals surface area contributed by atoms with E-state index in [1.807, 2.05) is 0 Å². The molecule has 1 aliphatic heterocycles. The quantitative estimate of drug-likeness (QED) is 0.653. The molecule has 0 spiro atoms. The van der Waals surface area contributed by atoms with Gasteiger partial charge in [0.25, 0.3) is 0 Å². The standard InChI is InChI=1S/C24H40N2/c1-6-7-10-25-11-13-26(14-12-25)23-16-19(2)8-9-22(23)21-15-20(3)17-24(4,5)18-21/h8-9,16,20-21H,6-7,10-15,17-18H2,1-5H3. The predicted octanol–water partition coefficient (Wildman–Crippen LogP) is 5.85. The summed E-state index contributed by atoms with van der Waals surface area (Å²) in [5.41, 5.74) is 5.04. The van der Waals surface area contributed by atoms with Crippen LogP contribution in [0.15, 0.2) is 18.2 Å². The maximum Gasteiger partial charge on any atom is 0.0405 e. The van der Waals surface area contributed by atoms with Crippen molar-refractivity contribution in [3.63, 3.8) is 0 Å². The number of hydrogen-bond donors (Lipinski definition) is 0. The highest BCUT2D eigenvalue weighted by Crippen LogP contribution is 2.48. The summed E-state index contributed by atoms with van der Waals surface area (Å²) in [5, 5.41) is 0. The molecule has 1 heterocycles. The number of aryl methyl sites for hydroxylation is 1. The normalized spacial score (nSPS) is 26.9. The third-order valence-electron chi connectivity index (χ3n) is 6.55. The van der Waals surface area contributed by atoms with Crippen LogP contribution in [0.1, 0.15) is 76.8 Å². The SMILES string of the molecule is CCCCN1CCN(c2cc(C)ccc2C2CC(C)CC(C)(C)C2)CC1. The maximum absolute atomic E-state index is 2.68. The van der Waals surface area contributed by atoms with Gasteiger partial charge < -0.3 is 4.90 Å². The summed E-state index contributed by atoms with van der Waals surface area (Å²) < 4.78 is 0. The Morgan fingerprint density at radius 1 is 1.08 bits per heavy atom. The second kappa shape index (κ2) is 8.33. The molecule has 26 heavy (non-hydrogen) atoms. The van der Waals surface area contributed by atoms with Gasteiger partial charge >= 0.3 is 0 Å². The zero-order valence-electron chi connectivity index (χ0n) is 17.9. The lowest BCUT2D eigenvalue weighted by atomic mass is 9.66. The first-order valence-electron chi connectivity index (χ1n) is 11.0. The molecule has 0 radical (unpaired) electrons. The van der Waals surface area contributed by atoms with Crippen molar-refractivity contribution in [2.24, 2.45) is 11.3 Å². The molecule has 3 rings (SSSR count). The van der Waals surface area contributed by atoms with Gasteiger partial charge in [-0.25, -0.2) is 0 Å². The molecule has 1 aliphatic carbocycles. The maximum atomic E-state index is 2.68. The van der Waals surface area contributed by atoms with Gasteiger partial charge in [0.2, 0.25) is 0 Å². The van der Waals surface area contributed by atoms with Crippen LogP contribution >= 0.6 is 0 Å². The van der Waals surface area contributed by atoms with Crippen molar-refractivity contribution in [3.8, 4) is 0 Å². The van der Waals surface area contributed by atoms with E-state index in [0.717, 1.165) is 11.8 Å².